The molecular weight excluding hydrogens is 328 g/mol. The first-order valence-electron chi connectivity index (χ1n) is 7.07. The van der Waals surface area contributed by atoms with Crippen LogP contribution in [0, 0.1) is 6.92 Å². The maximum atomic E-state index is 11.5. The first kappa shape index (κ1) is 16.0. The summed E-state index contributed by atoms with van der Waals surface area (Å²) < 4.78 is 11.5. The fraction of sp³-hybridized carbons (Fsp3) is 0.111. The summed E-state index contributed by atoms with van der Waals surface area (Å²) in [6, 6.07) is 13.4. The molecule has 0 spiro atoms. The van der Waals surface area contributed by atoms with Crippen molar-refractivity contribution in [2.24, 2.45) is 0 Å². The van der Waals surface area contributed by atoms with E-state index in [1.165, 1.54) is 0 Å². The topological polar surface area (TPSA) is 48.8 Å². The van der Waals surface area contributed by atoms with E-state index in [9.17, 15) is 4.55 Å². The fourth-order valence-corrected chi connectivity index (χ4v) is 3.02. The molecule has 1 aromatic carbocycles. The molecule has 0 radical (unpaired) electrons. The molecule has 0 amide bonds. The molecule has 116 valence electrons. The van der Waals surface area contributed by atoms with Gasteiger partial charge in [-0.3, -0.25) is 9.97 Å². The number of hydrogen-bond acceptors (Lipinski definition) is 3. The SMILES string of the molecule is Cc1nc(-c2cccnc2)c(-c2ccc([S@+](C)[O-])cc2)cc1Cl. The number of aryl methyl sites for hydroxylation is 1. The Morgan fingerprint density at radius 3 is 2.43 bits per heavy atom. The van der Waals surface area contributed by atoms with Crippen LogP contribution < -0.4 is 0 Å². The molecule has 3 aromatic rings. The van der Waals surface area contributed by atoms with E-state index in [4.69, 9.17) is 11.6 Å². The molecule has 0 fully saturated rings. The third kappa shape index (κ3) is 3.39. The van der Waals surface area contributed by atoms with E-state index in [0.717, 1.165) is 33.0 Å². The van der Waals surface area contributed by atoms with Crippen molar-refractivity contribution >= 4 is 22.8 Å². The van der Waals surface area contributed by atoms with Gasteiger partial charge in [-0.15, -0.1) is 0 Å². The average molecular weight is 343 g/mol. The van der Waals surface area contributed by atoms with Gasteiger partial charge in [0.25, 0.3) is 0 Å². The van der Waals surface area contributed by atoms with Gasteiger partial charge in [0, 0.05) is 23.5 Å². The zero-order chi connectivity index (χ0) is 16.4. The predicted molar refractivity (Wildman–Crippen MR) is 95.0 cm³/mol. The van der Waals surface area contributed by atoms with Gasteiger partial charge in [0.05, 0.1) is 16.4 Å². The maximum Gasteiger partial charge on any atom is 0.152 e. The zero-order valence-corrected chi connectivity index (χ0v) is 14.4. The van der Waals surface area contributed by atoms with E-state index in [-0.39, 0.29) is 0 Å². The Bertz CT molecular complexity index is 820. The summed E-state index contributed by atoms with van der Waals surface area (Å²) in [5, 5.41) is 0.621. The summed E-state index contributed by atoms with van der Waals surface area (Å²) in [5.41, 5.74) is 4.46. The van der Waals surface area contributed by atoms with E-state index in [0.29, 0.717) is 5.02 Å². The normalized spacial score (nSPS) is 12.2. The second-order valence-electron chi connectivity index (χ2n) is 5.17. The van der Waals surface area contributed by atoms with Crippen LogP contribution in [0.4, 0.5) is 0 Å². The Labute approximate surface area is 143 Å². The van der Waals surface area contributed by atoms with Gasteiger partial charge in [0.2, 0.25) is 0 Å². The van der Waals surface area contributed by atoms with Crippen LogP contribution in [-0.4, -0.2) is 20.8 Å². The molecule has 2 heterocycles. The number of hydrogen-bond donors (Lipinski definition) is 0. The van der Waals surface area contributed by atoms with E-state index in [1.807, 2.05) is 49.4 Å². The van der Waals surface area contributed by atoms with Crippen LogP contribution in [0.1, 0.15) is 5.69 Å². The maximum absolute atomic E-state index is 11.5. The number of rotatable bonds is 3. The number of benzene rings is 1. The number of aromatic nitrogens is 2. The van der Waals surface area contributed by atoms with Crippen molar-refractivity contribution < 1.29 is 4.55 Å². The van der Waals surface area contributed by atoms with Crippen molar-refractivity contribution in [3.8, 4) is 22.4 Å². The molecule has 5 heteroatoms. The Balaban J connectivity index is 2.16. The van der Waals surface area contributed by atoms with Crippen molar-refractivity contribution in [2.75, 3.05) is 6.26 Å². The summed E-state index contributed by atoms with van der Waals surface area (Å²) in [7, 11) is 0. The van der Waals surface area contributed by atoms with E-state index in [1.54, 1.807) is 18.6 Å². The molecule has 0 N–H and O–H groups in total. The summed E-state index contributed by atoms with van der Waals surface area (Å²) in [4.78, 5) is 9.61. The van der Waals surface area contributed by atoms with E-state index < -0.39 is 11.2 Å². The zero-order valence-electron chi connectivity index (χ0n) is 12.8. The highest BCUT2D eigenvalue weighted by Crippen LogP contribution is 2.33. The van der Waals surface area contributed by atoms with Gasteiger partial charge in [0.1, 0.15) is 6.26 Å². The molecule has 0 unspecified atom stereocenters. The Morgan fingerprint density at radius 2 is 1.83 bits per heavy atom. The lowest BCUT2D eigenvalue weighted by atomic mass is 10.00. The lowest BCUT2D eigenvalue weighted by molar-refractivity contribution is 0.601. The second-order valence-corrected chi connectivity index (χ2v) is 6.96. The van der Waals surface area contributed by atoms with Crippen molar-refractivity contribution in [3.05, 3.63) is 65.6 Å². The van der Waals surface area contributed by atoms with Crippen molar-refractivity contribution in [1.29, 1.82) is 0 Å². The van der Waals surface area contributed by atoms with Gasteiger partial charge < -0.3 is 4.55 Å². The largest absolute Gasteiger partial charge is 0.612 e. The first-order valence-corrected chi connectivity index (χ1v) is 9.01. The monoisotopic (exact) mass is 342 g/mol. The molecule has 1 atom stereocenters. The van der Waals surface area contributed by atoms with E-state index in [2.05, 4.69) is 9.97 Å². The molecule has 0 aliphatic carbocycles. The van der Waals surface area contributed by atoms with Crippen LogP contribution in [0.3, 0.4) is 0 Å². The summed E-state index contributed by atoms with van der Waals surface area (Å²) in [6.45, 7) is 1.88. The highest BCUT2D eigenvalue weighted by molar-refractivity contribution is 7.90. The fourth-order valence-electron chi connectivity index (χ4n) is 2.35. The number of halogens is 1. The molecule has 0 bridgehead atoms. The molecule has 3 nitrogen and oxygen atoms in total. The van der Waals surface area contributed by atoms with Gasteiger partial charge in [-0.2, -0.15) is 0 Å². The van der Waals surface area contributed by atoms with Crippen LogP contribution in [0.15, 0.2) is 59.8 Å². The summed E-state index contributed by atoms with van der Waals surface area (Å²) in [6.07, 6.45) is 5.19. The van der Waals surface area contributed by atoms with Crippen LogP contribution >= 0.6 is 11.6 Å². The molecule has 0 saturated carbocycles. The average Bonchev–Trinajstić information content (AvgIpc) is 2.58. The molecular formula is C18H15ClN2OS. The quantitative estimate of drug-likeness (QED) is 0.658. The molecule has 23 heavy (non-hydrogen) atoms. The number of pyridine rings is 2. The van der Waals surface area contributed by atoms with Gasteiger partial charge in [-0.05, 0) is 66.1 Å². The lowest BCUT2D eigenvalue weighted by Crippen LogP contribution is -1.97. The smallest absolute Gasteiger partial charge is 0.152 e. The molecule has 2 aromatic heterocycles. The van der Waals surface area contributed by atoms with Crippen LogP contribution in [0.25, 0.3) is 22.4 Å². The van der Waals surface area contributed by atoms with Gasteiger partial charge in [-0.1, -0.05) is 11.6 Å². The second kappa shape index (κ2) is 6.71. The van der Waals surface area contributed by atoms with Gasteiger partial charge in [0.15, 0.2) is 4.90 Å². The predicted octanol–water partition coefficient (Wildman–Crippen LogP) is 4.51. The van der Waals surface area contributed by atoms with Gasteiger partial charge in [-0.25, -0.2) is 0 Å². The molecule has 3 rings (SSSR count). The van der Waals surface area contributed by atoms with Gasteiger partial charge >= 0.3 is 0 Å². The minimum absolute atomic E-state index is 0.621. The first-order chi connectivity index (χ1) is 11.1. The van der Waals surface area contributed by atoms with Crippen molar-refractivity contribution in [2.45, 2.75) is 11.8 Å². The summed E-state index contributed by atoms with van der Waals surface area (Å²) in [5.74, 6) is 0. The van der Waals surface area contributed by atoms with Crippen LogP contribution in [0.2, 0.25) is 5.02 Å². The Kier molecular flexibility index (Phi) is 4.66. The third-order valence-corrected chi connectivity index (χ3v) is 4.90. The minimum Gasteiger partial charge on any atom is -0.612 e. The Hall–Kier alpha value is -1.88. The lowest BCUT2D eigenvalue weighted by Gasteiger charge is -2.12. The van der Waals surface area contributed by atoms with Crippen LogP contribution in [0.5, 0.6) is 0 Å². The molecule has 0 saturated heterocycles. The Morgan fingerprint density at radius 1 is 1.09 bits per heavy atom. The third-order valence-electron chi connectivity index (χ3n) is 3.58. The van der Waals surface area contributed by atoms with E-state index >= 15 is 0 Å². The van der Waals surface area contributed by atoms with Crippen molar-refractivity contribution in [3.63, 3.8) is 0 Å². The molecule has 0 aliphatic heterocycles. The minimum atomic E-state index is -0.995. The highest BCUT2D eigenvalue weighted by Gasteiger charge is 2.13. The summed E-state index contributed by atoms with van der Waals surface area (Å²) >= 11 is 5.28. The van der Waals surface area contributed by atoms with Crippen molar-refractivity contribution in [1.82, 2.24) is 9.97 Å². The standard InChI is InChI=1S/C18H15ClN2OS/c1-12-17(19)10-16(13-5-7-15(8-6-13)23(2)22)18(21-12)14-4-3-9-20-11-14/h3-11H,1-2H3/t23-/m0/s1. The molecule has 0 aliphatic rings. The van der Waals surface area contributed by atoms with Crippen LogP contribution in [-0.2, 0) is 11.2 Å². The number of nitrogens with zero attached hydrogens (tertiary/aromatic N) is 2. The highest BCUT2D eigenvalue weighted by atomic mass is 35.5.